The summed E-state index contributed by atoms with van der Waals surface area (Å²) in [6, 6.07) is 22.3. The van der Waals surface area contributed by atoms with Gasteiger partial charge in [-0.2, -0.15) is 5.10 Å². The number of benzene rings is 3. The second-order valence-corrected chi connectivity index (χ2v) is 11.0. The van der Waals surface area contributed by atoms with Crippen LogP contribution in [0.2, 0.25) is 0 Å². The second-order valence-electron chi connectivity index (χ2n) is 11.0. The number of ether oxygens (including phenoxy) is 1. The van der Waals surface area contributed by atoms with Crippen molar-refractivity contribution in [3.63, 3.8) is 0 Å². The van der Waals surface area contributed by atoms with Crippen LogP contribution >= 0.6 is 0 Å². The zero-order valence-electron chi connectivity index (χ0n) is 26.0. The van der Waals surface area contributed by atoms with Crippen LogP contribution in [0, 0.1) is 5.82 Å². The van der Waals surface area contributed by atoms with E-state index >= 15 is 0 Å². The largest absolute Gasteiger partial charge is 0.438 e. The molecule has 3 aromatic carbocycles. The molecule has 12 nitrogen and oxygen atoms in total. The molecule has 0 aliphatic rings. The molecule has 0 spiro atoms. The van der Waals surface area contributed by atoms with Crippen molar-refractivity contribution in [1.29, 1.82) is 0 Å². The van der Waals surface area contributed by atoms with E-state index in [1.807, 2.05) is 24.4 Å². The highest BCUT2D eigenvalue weighted by Gasteiger charge is 2.24. The third kappa shape index (κ3) is 6.27. The van der Waals surface area contributed by atoms with Gasteiger partial charge in [0.05, 0.1) is 17.4 Å². The number of amides is 2. The molecule has 0 unspecified atom stereocenters. The highest BCUT2D eigenvalue weighted by Crippen LogP contribution is 2.44. The van der Waals surface area contributed by atoms with Crippen molar-refractivity contribution in [3.8, 4) is 39.8 Å². The van der Waals surface area contributed by atoms with Crippen LogP contribution in [0.1, 0.15) is 17.3 Å². The fourth-order valence-corrected chi connectivity index (χ4v) is 5.37. The number of nitrogens with zero attached hydrogens (tertiary/aromatic N) is 5. The summed E-state index contributed by atoms with van der Waals surface area (Å²) in [5.41, 5.74) is 2.93. The smallest absolute Gasteiger partial charge is 0.267 e. The molecular weight excluding hydrogens is 629 g/mol. The highest BCUT2D eigenvalue weighted by atomic mass is 19.1. The van der Waals surface area contributed by atoms with Crippen LogP contribution in [-0.4, -0.2) is 36.1 Å². The standard InChI is InChI=1S/C36H26FN7O5/c1-21(45)41-26-8-3-6-22(16-26)30-31-34(38-20-39-35(31)49-32(30)23-18-40-43(2)19-23)48-28-13-11-25(12-14-28)42-33(46)29-10-5-15-44(36(29)47)27-9-4-7-24(37)17-27/h3-20H,1-2H3,(H,41,45)(H,42,46). The molecule has 0 fully saturated rings. The maximum absolute atomic E-state index is 13.8. The summed E-state index contributed by atoms with van der Waals surface area (Å²) in [5, 5.41) is 10.3. The molecule has 4 heterocycles. The molecule has 0 bridgehead atoms. The Labute approximate surface area is 277 Å². The molecule has 0 aliphatic heterocycles. The molecule has 0 radical (unpaired) electrons. The van der Waals surface area contributed by atoms with Gasteiger partial charge in [-0.1, -0.05) is 18.2 Å². The molecule has 49 heavy (non-hydrogen) atoms. The van der Waals surface area contributed by atoms with Crippen molar-refractivity contribution in [2.75, 3.05) is 10.6 Å². The van der Waals surface area contributed by atoms with Crippen LogP contribution in [0.25, 0.3) is 39.2 Å². The molecule has 7 aromatic rings. The van der Waals surface area contributed by atoms with Crippen LogP contribution in [0.4, 0.5) is 15.8 Å². The lowest BCUT2D eigenvalue weighted by Crippen LogP contribution is -2.27. The highest BCUT2D eigenvalue weighted by molar-refractivity contribution is 6.05. The van der Waals surface area contributed by atoms with E-state index in [9.17, 15) is 18.8 Å². The number of halogens is 1. The fraction of sp³-hybridized carbons (Fsp3) is 0.0556. The number of fused-ring (bicyclic) bond motifs is 1. The van der Waals surface area contributed by atoms with Crippen LogP contribution in [0.3, 0.4) is 0 Å². The second kappa shape index (κ2) is 12.7. The van der Waals surface area contributed by atoms with Crippen LogP contribution in [-0.2, 0) is 11.8 Å². The third-order valence-corrected chi connectivity index (χ3v) is 7.50. The number of anilines is 2. The summed E-state index contributed by atoms with van der Waals surface area (Å²) in [6.07, 6.45) is 6.28. The van der Waals surface area contributed by atoms with E-state index < -0.39 is 17.3 Å². The lowest BCUT2D eigenvalue weighted by molar-refractivity contribution is -0.114. The summed E-state index contributed by atoms with van der Waals surface area (Å²) < 4.78 is 29.1. The van der Waals surface area contributed by atoms with Crippen LogP contribution in [0.15, 0.2) is 119 Å². The average molecular weight is 656 g/mol. The van der Waals surface area contributed by atoms with Gasteiger partial charge in [-0.05, 0) is 72.3 Å². The number of pyridine rings is 1. The van der Waals surface area contributed by atoms with Gasteiger partial charge in [0.2, 0.25) is 17.5 Å². The summed E-state index contributed by atoms with van der Waals surface area (Å²) in [6.45, 7) is 1.43. The molecule has 4 aromatic heterocycles. The molecular formula is C36H26FN7O5. The molecule has 0 saturated heterocycles. The first-order valence-electron chi connectivity index (χ1n) is 14.9. The molecule has 2 amide bonds. The predicted octanol–water partition coefficient (Wildman–Crippen LogP) is 6.58. The summed E-state index contributed by atoms with van der Waals surface area (Å²) >= 11 is 0. The third-order valence-electron chi connectivity index (χ3n) is 7.50. The molecule has 0 saturated carbocycles. The minimum Gasteiger partial charge on any atom is -0.438 e. The van der Waals surface area contributed by atoms with E-state index in [4.69, 9.17) is 9.15 Å². The first kappa shape index (κ1) is 30.7. The van der Waals surface area contributed by atoms with Crippen molar-refractivity contribution >= 4 is 34.3 Å². The van der Waals surface area contributed by atoms with Gasteiger partial charge in [0, 0.05) is 43.3 Å². The minimum absolute atomic E-state index is 0.116. The number of aromatic nitrogens is 5. The van der Waals surface area contributed by atoms with E-state index in [0.29, 0.717) is 45.1 Å². The van der Waals surface area contributed by atoms with Crippen molar-refractivity contribution < 1.29 is 23.1 Å². The van der Waals surface area contributed by atoms with Crippen molar-refractivity contribution in [1.82, 2.24) is 24.3 Å². The van der Waals surface area contributed by atoms with Gasteiger partial charge in [-0.25, -0.2) is 14.4 Å². The Morgan fingerprint density at radius 2 is 1.71 bits per heavy atom. The predicted molar refractivity (Wildman–Crippen MR) is 180 cm³/mol. The average Bonchev–Trinajstić information content (AvgIpc) is 3.70. The monoisotopic (exact) mass is 655 g/mol. The summed E-state index contributed by atoms with van der Waals surface area (Å²) in [5.74, 6) is -0.244. The number of furan rings is 1. The number of rotatable bonds is 8. The Morgan fingerprint density at radius 1 is 0.898 bits per heavy atom. The molecule has 0 aliphatic carbocycles. The Kier molecular flexibility index (Phi) is 7.98. The lowest BCUT2D eigenvalue weighted by atomic mass is 10.0. The number of hydrogen-bond acceptors (Lipinski definition) is 8. The number of nitrogens with one attached hydrogen (secondary N) is 2. The van der Waals surface area contributed by atoms with Crippen LogP contribution < -0.4 is 20.9 Å². The number of carbonyl (C=O) groups excluding carboxylic acids is 2. The Bertz CT molecular complexity index is 2430. The van der Waals surface area contributed by atoms with Crippen LogP contribution in [0.5, 0.6) is 11.6 Å². The zero-order valence-corrected chi connectivity index (χ0v) is 26.0. The molecule has 2 N–H and O–H groups in total. The molecule has 242 valence electrons. The Hall–Kier alpha value is -6.89. The minimum atomic E-state index is -0.630. The number of aryl methyl sites for hydroxylation is 1. The SMILES string of the molecule is CC(=O)Nc1cccc(-c2c(-c3cnn(C)c3)oc3ncnc(Oc4ccc(NC(=O)c5cccn(-c6cccc(F)c6)c5=O)cc4)c23)c1. The van der Waals surface area contributed by atoms with E-state index in [-0.39, 0.29) is 23.1 Å². The number of hydrogen-bond donors (Lipinski definition) is 2. The lowest BCUT2D eigenvalue weighted by Gasteiger charge is -2.11. The quantitative estimate of drug-likeness (QED) is 0.187. The number of carbonyl (C=O) groups is 2. The van der Waals surface area contributed by atoms with Gasteiger partial charge >= 0.3 is 0 Å². The molecule has 0 atom stereocenters. The zero-order chi connectivity index (χ0) is 34.1. The van der Waals surface area contributed by atoms with E-state index in [0.717, 1.165) is 5.56 Å². The fourth-order valence-electron chi connectivity index (χ4n) is 5.37. The van der Waals surface area contributed by atoms with Gasteiger partial charge in [-0.3, -0.25) is 23.6 Å². The van der Waals surface area contributed by atoms with Gasteiger partial charge in [0.1, 0.15) is 34.6 Å². The van der Waals surface area contributed by atoms with E-state index in [1.165, 1.54) is 48.3 Å². The van der Waals surface area contributed by atoms with Crippen molar-refractivity contribution in [2.45, 2.75) is 6.92 Å². The summed E-state index contributed by atoms with van der Waals surface area (Å²) in [4.78, 5) is 46.7. The normalized spacial score (nSPS) is 11.0. The van der Waals surface area contributed by atoms with Gasteiger partial charge in [-0.15, -0.1) is 0 Å². The summed E-state index contributed by atoms with van der Waals surface area (Å²) in [7, 11) is 1.80. The molecule has 7 rings (SSSR count). The van der Waals surface area contributed by atoms with Gasteiger partial charge in [0.15, 0.2) is 0 Å². The van der Waals surface area contributed by atoms with Crippen molar-refractivity contribution in [3.05, 3.63) is 132 Å². The van der Waals surface area contributed by atoms with E-state index in [1.54, 1.807) is 60.4 Å². The topological polar surface area (TPSA) is 146 Å². The maximum atomic E-state index is 13.8. The first-order chi connectivity index (χ1) is 23.7. The first-order valence-corrected chi connectivity index (χ1v) is 14.9. The molecule has 13 heteroatoms. The van der Waals surface area contributed by atoms with Gasteiger partial charge in [0.25, 0.3) is 11.5 Å². The van der Waals surface area contributed by atoms with E-state index in [2.05, 4.69) is 25.7 Å². The van der Waals surface area contributed by atoms with Gasteiger partial charge < -0.3 is 19.8 Å². The Balaban J connectivity index is 1.19. The maximum Gasteiger partial charge on any atom is 0.267 e. The van der Waals surface area contributed by atoms with Crippen molar-refractivity contribution in [2.24, 2.45) is 7.05 Å². The Morgan fingerprint density at radius 3 is 2.47 bits per heavy atom.